The molecular weight excluding hydrogens is 288 g/mol. The van der Waals surface area contributed by atoms with E-state index in [2.05, 4.69) is 0 Å². The third-order valence-corrected chi connectivity index (χ3v) is 3.67. The number of carbonyl (C=O) groups is 1. The van der Waals surface area contributed by atoms with E-state index in [0.29, 0.717) is 19.6 Å². The number of hydrogen-bond acceptors (Lipinski definition) is 3. The van der Waals surface area contributed by atoms with Crippen LogP contribution in [0.25, 0.3) is 0 Å². The molecule has 0 aliphatic rings. The molecular formula is C19H24N2O2. The van der Waals surface area contributed by atoms with Crippen molar-refractivity contribution >= 4 is 5.91 Å². The predicted molar refractivity (Wildman–Crippen MR) is 92.2 cm³/mol. The molecule has 0 heterocycles. The van der Waals surface area contributed by atoms with Crippen LogP contribution in [0.3, 0.4) is 0 Å². The molecule has 0 aliphatic carbocycles. The molecule has 1 atom stereocenters. The molecule has 0 fully saturated rings. The first-order valence-corrected chi connectivity index (χ1v) is 7.87. The molecule has 0 aliphatic heterocycles. The van der Waals surface area contributed by atoms with Crippen molar-refractivity contribution in [2.24, 2.45) is 5.73 Å². The first kappa shape index (κ1) is 17.0. The van der Waals surface area contributed by atoms with Gasteiger partial charge in [-0.05, 0) is 25.0 Å². The van der Waals surface area contributed by atoms with Gasteiger partial charge in [0.15, 0.2) is 0 Å². The summed E-state index contributed by atoms with van der Waals surface area (Å²) < 4.78 is 5.60. The second-order valence-electron chi connectivity index (χ2n) is 5.53. The fourth-order valence-electron chi connectivity index (χ4n) is 2.50. The third-order valence-electron chi connectivity index (χ3n) is 3.67. The molecule has 2 aromatic rings. The number of nitrogens with zero attached hydrogens (tertiary/aromatic N) is 1. The average molecular weight is 312 g/mol. The van der Waals surface area contributed by atoms with Crippen LogP contribution in [0.4, 0.5) is 0 Å². The van der Waals surface area contributed by atoms with E-state index in [1.165, 1.54) is 0 Å². The van der Waals surface area contributed by atoms with Crippen molar-refractivity contribution in [1.29, 1.82) is 0 Å². The van der Waals surface area contributed by atoms with Crippen LogP contribution < -0.4 is 10.5 Å². The van der Waals surface area contributed by atoms with Gasteiger partial charge in [-0.1, -0.05) is 48.5 Å². The molecule has 0 unspecified atom stereocenters. The van der Waals surface area contributed by atoms with E-state index >= 15 is 0 Å². The summed E-state index contributed by atoms with van der Waals surface area (Å²) in [6, 6.07) is 17.0. The first-order chi connectivity index (χ1) is 11.1. The van der Waals surface area contributed by atoms with Crippen molar-refractivity contribution in [1.82, 2.24) is 4.90 Å². The van der Waals surface area contributed by atoms with Gasteiger partial charge in [-0.25, -0.2) is 0 Å². The highest BCUT2D eigenvalue weighted by atomic mass is 16.5. The molecule has 23 heavy (non-hydrogen) atoms. The lowest BCUT2D eigenvalue weighted by atomic mass is 10.1. The molecule has 1 amide bonds. The van der Waals surface area contributed by atoms with Gasteiger partial charge < -0.3 is 15.4 Å². The molecule has 2 rings (SSSR count). The Labute approximate surface area is 137 Å². The Kier molecular flexibility index (Phi) is 6.18. The smallest absolute Gasteiger partial charge is 0.239 e. The van der Waals surface area contributed by atoms with Crippen molar-refractivity contribution in [2.45, 2.75) is 25.9 Å². The summed E-state index contributed by atoms with van der Waals surface area (Å²) in [5.41, 5.74) is 8.13. The average Bonchev–Trinajstić information content (AvgIpc) is 2.57. The van der Waals surface area contributed by atoms with E-state index < -0.39 is 6.04 Å². The van der Waals surface area contributed by atoms with Crippen LogP contribution in [0.5, 0.6) is 5.75 Å². The lowest BCUT2D eigenvalue weighted by Crippen LogP contribution is -2.42. The van der Waals surface area contributed by atoms with E-state index in [-0.39, 0.29) is 5.91 Å². The van der Waals surface area contributed by atoms with E-state index in [4.69, 9.17) is 10.5 Å². The Morgan fingerprint density at radius 1 is 1.13 bits per heavy atom. The Hall–Kier alpha value is -2.33. The number of nitrogens with two attached hydrogens (primary N) is 1. The molecule has 0 saturated carbocycles. The fourth-order valence-corrected chi connectivity index (χ4v) is 2.50. The van der Waals surface area contributed by atoms with Crippen LogP contribution in [-0.4, -0.2) is 30.5 Å². The summed E-state index contributed by atoms with van der Waals surface area (Å²) in [4.78, 5) is 14.1. The van der Waals surface area contributed by atoms with Crippen LogP contribution in [0.15, 0.2) is 54.6 Å². The summed E-state index contributed by atoms with van der Waals surface area (Å²) >= 11 is 0. The summed E-state index contributed by atoms with van der Waals surface area (Å²) in [6.45, 7) is 3.03. The Balaban J connectivity index is 1.99. The van der Waals surface area contributed by atoms with Gasteiger partial charge >= 0.3 is 0 Å². The van der Waals surface area contributed by atoms with Crippen LogP contribution in [0.2, 0.25) is 0 Å². The van der Waals surface area contributed by atoms with Gasteiger partial charge in [-0.15, -0.1) is 0 Å². The third kappa shape index (κ3) is 4.83. The van der Waals surface area contributed by atoms with Gasteiger partial charge in [0, 0.05) is 19.2 Å². The second kappa shape index (κ2) is 8.34. The number of rotatable bonds is 7. The van der Waals surface area contributed by atoms with Crippen molar-refractivity contribution in [3.05, 3.63) is 65.7 Å². The largest absolute Gasteiger partial charge is 0.494 e. The van der Waals surface area contributed by atoms with Crippen LogP contribution in [-0.2, 0) is 17.8 Å². The summed E-state index contributed by atoms with van der Waals surface area (Å²) in [7, 11) is 1.77. The molecule has 2 N–H and O–H groups in total. The highest BCUT2D eigenvalue weighted by molar-refractivity contribution is 5.81. The molecule has 0 bridgehead atoms. The number of carbonyl (C=O) groups excluding carboxylic acids is 1. The quantitative estimate of drug-likeness (QED) is 0.855. The summed E-state index contributed by atoms with van der Waals surface area (Å²) in [5, 5.41) is 0. The zero-order valence-corrected chi connectivity index (χ0v) is 13.7. The minimum Gasteiger partial charge on any atom is -0.494 e. The predicted octanol–water partition coefficient (Wildman–Crippen LogP) is 2.61. The Morgan fingerprint density at radius 2 is 1.78 bits per heavy atom. The number of amides is 1. The normalized spacial score (nSPS) is 11.8. The monoisotopic (exact) mass is 312 g/mol. The Morgan fingerprint density at radius 3 is 2.48 bits per heavy atom. The van der Waals surface area contributed by atoms with E-state index in [1.807, 2.05) is 61.5 Å². The van der Waals surface area contributed by atoms with Crippen molar-refractivity contribution in [3.8, 4) is 5.75 Å². The number of para-hydroxylation sites is 1. The first-order valence-electron chi connectivity index (χ1n) is 7.87. The zero-order valence-electron chi connectivity index (χ0n) is 13.7. The topological polar surface area (TPSA) is 55.6 Å². The highest BCUT2D eigenvalue weighted by Gasteiger charge is 2.19. The summed E-state index contributed by atoms with van der Waals surface area (Å²) in [6.07, 6.45) is 0.539. The van der Waals surface area contributed by atoms with Crippen molar-refractivity contribution in [3.63, 3.8) is 0 Å². The van der Waals surface area contributed by atoms with Crippen molar-refractivity contribution < 1.29 is 9.53 Å². The van der Waals surface area contributed by atoms with Crippen LogP contribution >= 0.6 is 0 Å². The van der Waals surface area contributed by atoms with E-state index in [9.17, 15) is 4.79 Å². The maximum Gasteiger partial charge on any atom is 0.239 e. The maximum atomic E-state index is 12.5. The number of hydrogen-bond donors (Lipinski definition) is 1. The SMILES string of the molecule is CCOc1ccccc1CN(C)C(=O)[C@@H](N)Cc1ccccc1. The molecule has 0 radical (unpaired) electrons. The molecule has 0 aromatic heterocycles. The van der Waals surface area contributed by atoms with E-state index in [1.54, 1.807) is 11.9 Å². The lowest BCUT2D eigenvalue weighted by molar-refractivity contribution is -0.131. The minimum absolute atomic E-state index is 0.0693. The van der Waals surface area contributed by atoms with E-state index in [0.717, 1.165) is 16.9 Å². The second-order valence-corrected chi connectivity index (χ2v) is 5.53. The van der Waals surface area contributed by atoms with Gasteiger partial charge in [0.1, 0.15) is 5.75 Å². The highest BCUT2D eigenvalue weighted by Crippen LogP contribution is 2.19. The van der Waals surface area contributed by atoms with Gasteiger partial charge in [0.05, 0.1) is 12.6 Å². The van der Waals surface area contributed by atoms with Crippen LogP contribution in [0.1, 0.15) is 18.1 Å². The molecule has 4 nitrogen and oxygen atoms in total. The number of ether oxygens (including phenoxy) is 1. The summed E-state index contributed by atoms with van der Waals surface area (Å²) in [5.74, 6) is 0.742. The lowest BCUT2D eigenvalue weighted by Gasteiger charge is -2.22. The molecule has 0 spiro atoms. The molecule has 2 aromatic carbocycles. The zero-order chi connectivity index (χ0) is 16.7. The maximum absolute atomic E-state index is 12.5. The number of likely N-dealkylation sites (N-methyl/N-ethyl adjacent to an activating group) is 1. The van der Waals surface area contributed by atoms with Crippen molar-refractivity contribution in [2.75, 3.05) is 13.7 Å². The van der Waals surface area contributed by atoms with Crippen LogP contribution in [0, 0.1) is 0 Å². The minimum atomic E-state index is -0.540. The molecule has 4 heteroatoms. The molecule has 0 saturated heterocycles. The van der Waals surface area contributed by atoms with Gasteiger partial charge in [0.2, 0.25) is 5.91 Å². The Bertz CT molecular complexity index is 628. The van der Waals surface area contributed by atoms with Gasteiger partial charge in [-0.2, -0.15) is 0 Å². The van der Waals surface area contributed by atoms with Gasteiger partial charge in [0.25, 0.3) is 0 Å². The fraction of sp³-hybridized carbons (Fsp3) is 0.316. The molecule has 122 valence electrons. The standard InChI is InChI=1S/C19H24N2O2/c1-3-23-18-12-8-7-11-16(18)14-21(2)19(22)17(20)13-15-9-5-4-6-10-15/h4-12,17H,3,13-14,20H2,1-2H3/t17-/m0/s1. The van der Waals surface area contributed by atoms with Gasteiger partial charge in [-0.3, -0.25) is 4.79 Å². The number of benzene rings is 2.